The summed E-state index contributed by atoms with van der Waals surface area (Å²) in [4.78, 5) is 14.5. The zero-order valence-electron chi connectivity index (χ0n) is 27.0. The van der Waals surface area contributed by atoms with Crippen molar-refractivity contribution in [2.75, 3.05) is 0 Å². The first-order valence-corrected chi connectivity index (χ1v) is 16.6. The summed E-state index contributed by atoms with van der Waals surface area (Å²) in [5, 5.41) is 2.52. The van der Waals surface area contributed by atoms with Crippen molar-refractivity contribution in [2.24, 2.45) is 0 Å². The van der Waals surface area contributed by atoms with E-state index in [1.807, 2.05) is 97.1 Å². The number of benzene rings is 7. The predicted molar refractivity (Wildman–Crippen MR) is 202 cm³/mol. The van der Waals surface area contributed by atoms with Crippen LogP contribution in [0.25, 0.3) is 72.8 Å². The van der Waals surface area contributed by atoms with Gasteiger partial charge in [0.15, 0.2) is 17.5 Å². The van der Waals surface area contributed by atoms with Gasteiger partial charge in [0, 0.05) is 33.2 Å². The standard InChI is InChI=1S/C45H30N4O/c1-3-11-33(12-4-1)43-46-44(34-13-5-2-6-14-34)48-45(47-43)35-23-29-38(30-24-35)50-37-27-21-32(22-28-37)31-19-25-36(26-20-31)49-41-17-9-7-15-39(41)40-16-8-10-18-42(40)49/h1-30H. The molecule has 5 heteroatoms. The van der Waals surface area contributed by atoms with Gasteiger partial charge in [0.1, 0.15) is 11.5 Å². The molecule has 2 heterocycles. The minimum atomic E-state index is 0.609. The Morgan fingerprint density at radius 1 is 0.320 bits per heavy atom. The second kappa shape index (κ2) is 12.6. The number of rotatable bonds is 7. The van der Waals surface area contributed by atoms with Gasteiger partial charge in [0.05, 0.1) is 11.0 Å². The highest BCUT2D eigenvalue weighted by Crippen LogP contribution is 2.33. The molecule has 0 aliphatic heterocycles. The van der Waals surface area contributed by atoms with Crippen LogP contribution in [0.15, 0.2) is 182 Å². The highest BCUT2D eigenvalue weighted by molar-refractivity contribution is 6.09. The summed E-state index contributed by atoms with van der Waals surface area (Å²) in [6.45, 7) is 0. The van der Waals surface area contributed by atoms with Crippen molar-refractivity contribution >= 4 is 21.8 Å². The quantitative estimate of drug-likeness (QED) is 0.174. The monoisotopic (exact) mass is 642 g/mol. The van der Waals surface area contributed by atoms with Crippen LogP contribution in [0.3, 0.4) is 0 Å². The number of nitrogens with zero attached hydrogens (tertiary/aromatic N) is 4. The Bertz CT molecular complexity index is 2470. The topological polar surface area (TPSA) is 52.8 Å². The van der Waals surface area contributed by atoms with Crippen LogP contribution < -0.4 is 4.74 Å². The molecule has 0 N–H and O–H groups in total. The van der Waals surface area contributed by atoms with Crippen molar-refractivity contribution < 1.29 is 4.74 Å². The Morgan fingerprint density at radius 2 is 0.680 bits per heavy atom. The van der Waals surface area contributed by atoms with Gasteiger partial charge in [-0.2, -0.15) is 0 Å². The van der Waals surface area contributed by atoms with Crippen molar-refractivity contribution in [3.05, 3.63) is 182 Å². The lowest BCUT2D eigenvalue weighted by Crippen LogP contribution is -2.00. The summed E-state index contributed by atoms with van der Waals surface area (Å²) in [6, 6.07) is 62.0. The normalized spacial score (nSPS) is 11.2. The molecule has 2 aromatic heterocycles. The van der Waals surface area contributed by atoms with Crippen LogP contribution >= 0.6 is 0 Å². The number of hydrogen-bond donors (Lipinski definition) is 0. The van der Waals surface area contributed by atoms with E-state index in [1.165, 1.54) is 21.8 Å². The number of ether oxygens (including phenoxy) is 1. The third-order valence-electron chi connectivity index (χ3n) is 8.94. The number of para-hydroxylation sites is 2. The van der Waals surface area contributed by atoms with Gasteiger partial charge < -0.3 is 9.30 Å². The molecule has 0 atom stereocenters. The number of aromatic nitrogens is 4. The van der Waals surface area contributed by atoms with E-state index in [-0.39, 0.29) is 0 Å². The summed E-state index contributed by atoms with van der Waals surface area (Å²) in [5.74, 6) is 3.38. The molecule has 0 aliphatic rings. The largest absolute Gasteiger partial charge is 0.457 e. The maximum Gasteiger partial charge on any atom is 0.164 e. The van der Waals surface area contributed by atoms with E-state index in [4.69, 9.17) is 19.7 Å². The van der Waals surface area contributed by atoms with E-state index in [0.29, 0.717) is 17.5 Å². The van der Waals surface area contributed by atoms with Gasteiger partial charge in [0.2, 0.25) is 0 Å². The van der Waals surface area contributed by atoms with E-state index in [0.717, 1.165) is 45.0 Å². The van der Waals surface area contributed by atoms with Gasteiger partial charge in [-0.25, -0.2) is 15.0 Å². The lowest BCUT2D eigenvalue weighted by molar-refractivity contribution is 0.483. The van der Waals surface area contributed by atoms with Crippen LogP contribution in [0.4, 0.5) is 0 Å². The number of fused-ring (bicyclic) bond motifs is 3. The molecule has 0 spiro atoms. The Hall–Kier alpha value is -6.85. The summed E-state index contributed by atoms with van der Waals surface area (Å²) in [6.07, 6.45) is 0. The number of hydrogen-bond acceptors (Lipinski definition) is 4. The molecule has 0 saturated carbocycles. The summed E-state index contributed by atoms with van der Waals surface area (Å²) < 4.78 is 8.57. The van der Waals surface area contributed by atoms with Gasteiger partial charge >= 0.3 is 0 Å². The highest BCUT2D eigenvalue weighted by Gasteiger charge is 2.13. The maximum atomic E-state index is 6.24. The van der Waals surface area contributed by atoms with Crippen molar-refractivity contribution in [1.82, 2.24) is 19.5 Å². The molecule has 0 unspecified atom stereocenters. The van der Waals surface area contributed by atoms with E-state index in [9.17, 15) is 0 Å². The van der Waals surface area contributed by atoms with E-state index < -0.39 is 0 Å². The third-order valence-corrected chi connectivity index (χ3v) is 8.94. The van der Waals surface area contributed by atoms with Gasteiger partial charge in [-0.15, -0.1) is 0 Å². The molecule has 0 fully saturated rings. The van der Waals surface area contributed by atoms with Crippen LogP contribution in [0, 0.1) is 0 Å². The van der Waals surface area contributed by atoms with Gasteiger partial charge in [-0.1, -0.05) is 121 Å². The highest BCUT2D eigenvalue weighted by atomic mass is 16.5. The first kappa shape index (κ1) is 29.3. The molecule has 0 amide bonds. The lowest BCUT2D eigenvalue weighted by Gasteiger charge is -2.11. The third kappa shape index (κ3) is 5.57. The second-order valence-electron chi connectivity index (χ2n) is 12.1. The molecule has 0 saturated heterocycles. The SMILES string of the molecule is c1ccc(-c2nc(-c3ccccc3)nc(-c3ccc(Oc4ccc(-c5ccc(-n6c7ccccc7c7ccccc76)cc5)cc4)cc3)n2)cc1. The van der Waals surface area contributed by atoms with E-state index in [2.05, 4.69) is 89.5 Å². The average molecular weight is 643 g/mol. The minimum absolute atomic E-state index is 0.609. The van der Waals surface area contributed by atoms with Crippen LogP contribution in [0.1, 0.15) is 0 Å². The Labute approximate surface area is 289 Å². The lowest BCUT2D eigenvalue weighted by atomic mass is 10.1. The summed E-state index contributed by atoms with van der Waals surface area (Å²) in [5.41, 5.74) is 8.59. The molecule has 50 heavy (non-hydrogen) atoms. The zero-order chi connectivity index (χ0) is 33.3. The Balaban J connectivity index is 0.943. The molecule has 0 aliphatic carbocycles. The second-order valence-corrected chi connectivity index (χ2v) is 12.1. The van der Waals surface area contributed by atoms with E-state index in [1.54, 1.807) is 0 Å². The predicted octanol–water partition coefficient (Wildman–Crippen LogP) is 11.4. The van der Waals surface area contributed by atoms with Crippen LogP contribution in [-0.4, -0.2) is 19.5 Å². The van der Waals surface area contributed by atoms with E-state index >= 15 is 0 Å². The van der Waals surface area contributed by atoms with Gasteiger partial charge in [-0.05, 0) is 71.8 Å². The molecule has 236 valence electrons. The fourth-order valence-corrected chi connectivity index (χ4v) is 6.46. The van der Waals surface area contributed by atoms with Crippen molar-refractivity contribution in [3.8, 4) is 62.5 Å². The van der Waals surface area contributed by atoms with Crippen LogP contribution in [0.5, 0.6) is 11.5 Å². The zero-order valence-corrected chi connectivity index (χ0v) is 27.0. The molecular formula is C45H30N4O. The Kier molecular flexibility index (Phi) is 7.41. The fraction of sp³-hybridized carbons (Fsp3) is 0. The van der Waals surface area contributed by atoms with Crippen molar-refractivity contribution in [1.29, 1.82) is 0 Å². The molecule has 5 nitrogen and oxygen atoms in total. The molecular weight excluding hydrogens is 613 g/mol. The maximum absolute atomic E-state index is 6.24. The molecule has 9 aromatic rings. The summed E-state index contributed by atoms with van der Waals surface area (Å²) in [7, 11) is 0. The fourth-order valence-electron chi connectivity index (χ4n) is 6.46. The van der Waals surface area contributed by atoms with Crippen LogP contribution in [0.2, 0.25) is 0 Å². The molecule has 0 radical (unpaired) electrons. The van der Waals surface area contributed by atoms with Gasteiger partial charge in [0.25, 0.3) is 0 Å². The van der Waals surface area contributed by atoms with Crippen molar-refractivity contribution in [3.63, 3.8) is 0 Å². The van der Waals surface area contributed by atoms with Crippen molar-refractivity contribution in [2.45, 2.75) is 0 Å². The Morgan fingerprint density at radius 3 is 1.14 bits per heavy atom. The molecule has 0 bridgehead atoms. The first-order valence-electron chi connectivity index (χ1n) is 16.6. The average Bonchev–Trinajstić information content (AvgIpc) is 3.53. The smallest absolute Gasteiger partial charge is 0.164 e. The van der Waals surface area contributed by atoms with Crippen LogP contribution in [-0.2, 0) is 0 Å². The summed E-state index contributed by atoms with van der Waals surface area (Å²) >= 11 is 0. The molecule has 9 rings (SSSR count). The molecule has 7 aromatic carbocycles. The van der Waals surface area contributed by atoms with Gasteiger partial charge in [-0.3, -0.25) is 0 Å². The first-order chi connectivity index (χ1) is 24.8. The minimum Gasteiger partial charge on any atom is -0.457 e.